The third-order valence-corrected chi connectivity index (χ3v) is 5.32. The van der Waals surface area contributed by atoms with Crippen molar-refractivity contribution >= 4 is 17.4 Å². The lowest BCUT2D eigenvalue weighted by Gasteiger charge is -2.32. The van der Waals surface area contributed by atoms with Crippen molar-refractivity contribution in [2.45, 2.75) is 38.7 Å². The number of carbonyl (C=O) groups is 1. The van der Waals surface area contributed by atoms with Gasteiger partial charge in [0.1, 0.15) is 0 Å². The average molecular weight is 512 g/mol. The van der Waals surface area contributed by atoms with E-state index in [0.717, 1.165) is 12.1 Å². The molecule has 0 radical (unpaired) electrons. The standard InChI is InChI=1S/C21H17F5N6O4/c1-9-4-5-11(19(3,34)21(25,26)36-18(33)20(22,23)24)6-12(9)13-7-29-17-15(27)30-16(31-32(13)17)14-8-28-10(2)35-14/h4-8,34H,1-3H3,(H2,27,30,31). The molecule has 0 bridgehead atoms. The van der Waals surface area contributed by atoms with Crippen molar-refractivity contribution in [2.75, 3.05) is 5.73 Å². The molecule has 0 saturated carbocycles. The second-order valence-corrected chi connectivity index (χ2v) is 7.95. The maximum absolute atomic E-state index is 14.5. The number of aryl methyl sites for hydroxylation is 2. The van der Waals surface area contributed by atoms with Gasteiger partial charge in [-0.1, -0.05) is 12.1 Å². The molecule has 0 aliphatic heterocycles. The number of ether oxygens (including phenoxy) is 1. The highest BCUT2D eigenvalue weighted by atomic mass is 19.4. The van der Waals surface area contributed by atoms with Crippen molar-refractivity contribution in [1.82, 2.24) is 24.6 Å². The van der Waals surface area contributed by atoms with E-state index in [1.807, 2.05) is 0 Å². The predicted octanol–water partition coefficient (Wildman–Crippen LogP) is 3.55. The van der Waals surface area contributed by atoms with Crippen LogP contribution in [0.2, 0.25) is 0 Å². The second-order valence-electron chi connectivity index (χ2n) is 7.95. The number of hydrogen-bond acceptors (Lipinski definition) is 9. The molecule has 0 amide bonds. The first-order chi connectivity index (χ1) is 16.6. The fourth-order valence-electron chi connectivity index (χ4n) is 3.30. The van der Waals surface area contributed by atoms with Crippen molar-refractivity contribution in [2.24, 2.45) is 0 Å². The first-order valence-corrected chi connectivity index (χ1v) is 10.1. The van der Waals surface area contributed by atoms with Crippen LogP contribution in [0.5, 0.6) is 0 Å². The number of anilines is 1. The van der Waals surface area contributed by atoms with Gasteiger partial charge < -0.3 is 20.0 Å². The van der Waals surface area contributed by atoms with E-state index < -0.39 is 29.4 Å². The predicted molar refractivity (Wildman–Crippen MR) is 112 cm³/mol. The lowest BCUT2D eigenvalue weighted by molar-refractivity contribution is -0.327. The van der Waals surface area contributed by atoms with Crippen LogP contribution in [0.1, 0.15) is 23.9 Å². The Morgan fingerprint density at radius 1 is 1.14 bits per heavy atom. The van der Waals surface area contributed by atoms with Crippen molar-refractivity contribution in [3.63, 3.8) is 0 Å². The number of alkyl halides is 5. The SMILES string of the molecule is Cc1ncc(-c2nc(N)c3ncc(-c4cc(C(C)(O)C(F)(F)OC(=O)C(F)(F)F)ccc4C)n3n2)o1. The number of rotatable bonds is 5. The van der Waals surface area contributed by atoms with E-state index in [0.29, 0.717) is 18.4 Å². The second kappa shape index (κ2) is 8.22. The lowest BCUT2D eigenvalue weighted by Crippen LogP contribution is -2.48. The minimum absolute atomic E-state index is 0.0355. The van der Waals surface area contributed by atoms with Gasteiger partial charge in [0.05, 0.1) is 18.1 Å². The molecule has 0 saturated heterocycles. The van der Waals surface area contributed by atoms with Crippen molar-refractivity contribution in [3.05, 3.63) is 47.6 Å². The van der Waals surface area contributed by atoms with E-state index in [4.69, 9.17) is 10.2 Å². The largest absolute Gasteiger partial charge is 0.491 e. The van der Waals surface area contributed by atoms with Crippen LogP contribution >= 0.6 is 0 Å². The molecule has 10 nitrogen and oxygen atoms in total. The summed E-state index contributed by atoms with van der Waals surface area (Å²) in [6.45, 7) is 3.74. The van der Waals surface area contributed by atoms with Crippen LogP contribution < -0.4 is 5.73 Å². The van der Waals surface area contributed by atoms with Gasteiger partial charge in [0, 0.05) is 12.5 Å². The van der Waals surface area contributed by atoms with Crippen molar-refractivity contribution in [1.29, 1.82) is 0 Å². The van der Waals surface area contributed by atoms with Gasteiger partial charge in [0.2, 0.25) is 5.82 Å². The van der Waals surface area contributed by atoms with Gasteiger partial charge in [0.15, 0.2) is 28.7 Å². The number of hydrogen-bond donors (Lipinski definition) is 2. The fraction of sp³-hybridized carbons (Fsp3) is 0.286. The first kappa shape index (κ1) is 25.0. The van der Waals surface area contributed by atoms with Crippen molar-refractivity contribution in [3.8, 4) is 22.8 Å². The topological polar surface area (TPSA) is 142 Å². The quantitative estimate of drug-likeness (QED) is 0.303. The molecule has 190 valence electrons. The van der Waals surface area contributed by atoms with Crippen LogP contribution in [0.25, 0.3) is 28.5 Å². The summed E-state index contributed by atoms with van der Waals surface area (Å²) in [4.78, 5) is 23.2. The van der Waals surface area contributed by atoms with Gasteiger partial charge in [0.25, 0.3) is 0 Å². The Morgan fingerprint density at radius 2 is 1.83 bits per heavy atom. The van der Waals surface area contributed by atoms with Gasteiger partial charge in [-0.05, 0) is 31.0 Å². The molecule has 36 heavy (non-hydrogen) atoms. The van der Waals surface area contributed by atoms with E-state index in [9.17, 15) is 31.9 Å². The Morgan fingerprint density at radius 3 is 2.44 bits per heavy atom. The minimum atomic E-state index is -5.69. The van der Waals surface area contributed by atoms with Crippen LogP contribution in [0, 0.1) is 13.8 Å². The Labute approximate surface area is 198 Å². The molecule has 0 aliphatic carbocycles. The molecule has 0 aliphatic rings. The van der Waals surface area contributed by atoms with E-state index in [1.54, 1.807) is 13.8 Å². The molecule has 1 aromatic carbocycles. The molecular weight excluding hydrogens is 495 g/mol. The molecular formula is C21H17F5N6O4. The highest BCUT2D eigenvalue weighted by Gasteiger charge is 2.58. The number of fused-ring (bicyclic) bond motifs is 1. The van der Waals surface area contributed by atoms with E-state index >= 15 is 0 Å². The summed E-state index contributed by atoms with van der Waals surface area (Å²) in [5, 5.41) is 14.8. The summed E-state index contributed by atoms with van der Waals surface area (Å²) < 4.78 is 76.5. The zero-order valence-electron chi connectivity index (χ0n) is 18.8. The Balaban J connectivity index is 1.81. The Bertz CT molecular complexity index is 1480. The molecule has 3 aromatic heterocycles. The zero-order chi connectivity index (χ0) is 26.6. The maximum Gasteiger partial charge on any atom is 0.491 e. The lowest BCUT2D eigenvalue weighted by atomic mass is 9.91. The molecule has 1 unspecified atom stereocenters. The van der Waals surface area contributed by atoms with Crippen LogP contribution in [-0.4, -0.2) is 47.9 Å². The number of nitrogens with zero attached hydrogens (tertiary/aromatic N) is 5. The van der Waals surface area contributed by atoms with E-state index in [-0.39, 0.29) is 34.3 Å². The van der Waals surface area contributed by atoms with Gasteiger partial charge in [-0.25, -0.2) is 24.3 Å². The van der Waals surface area contributed by atoms with Gasteiger partial charge in [-0.2, -0.15) is 22.0 Å². The summed E-state index contributed by atoms with van der Waals surface area (Å²) in [5.41, 5.74) is 3.16. The Hall–Kier alpha value is -4.14. The average Bonchev–Trinajstić information content (AvgIpc) is 3.39. The number of imidazole rings is 1. The number of esters is 1. The summed E-state index contributed by atoms with van der Waals surface area (Å²) in [6, 6.07) is 3.49. The molecule has 4 rings (SSSR count). The smallest absolute Gasteiger partial charge is 0.438 e. The van der Waals surface area contributed by atoms with Crippen LogP contribution in [0.15, 0.2) is 35.0 Å². The Kier molecular flexibility index (Phi) is 5.70. The highest BCUT2D eigenvalue weighted by molar-refractivity contribution is 5.76. The summed E-state index contributed by atoms with van der Waals surface area (Å²) >= 11 is 0. The summed E-state index contributed by atoms with van der Waals surface area (Å²) in [7, 11) is 0. The fourth-order valence-corrected chi connectivity index (χ4v) is 3.30. The van der Waals surface area contributed by atoms with Gasteiger partial charge in [-0.3, -0.25) is 0 Å². The number of nitrogen functional groups attached to an aromatic ring is 1. The number of benzene rings is 1. The number of aliphatic hydroxyl groups is 1. The third kappa shape index (κ3) is 4.21. The number of oxazole rings is 1. The molecule has 3 N–H and O–H groups in total. The highest BCUT2D eigenvalue weighted by Crippen LogP contribution is 2.41. The van der Waals surface area contributed by atoms with Crippen LogP contribution in [0.4, 0.5) is 27.8 Å². The minimum Gasteiger partial charge on any atom is -0.438 e. The normalized spacial score (nSPS) is 14.1. The van der Waals surface area contributed by atoms with Crippen molar-refractivity contribution < 1.29 is 41.0 Å². The molecule has 4 aromatic rings. The maximum atomic E-state index is 14.5. The summed E-state index contributed by atoms with van der Waals surface area (Å²) in [6.07, 6.45) is -7.93. The molecule has 0 fully saturated rings. The van der Waals surface area contributed by atoms with Gasteiger partial charge >= 0.3 is 18.3 Å². The molecule has 0 spiro atoms. The molecule has 3 heterocycles. The number of halogens is 5. The van der Waals surface area contributed by atoms with Gasteiger partial charge in [-0.15, -0.1) is 5.10 Å². The van der Waals surface area contributed by atoms with Crippen LogP contribution in [-0.2, 0) is 15.1 Å². The summed E-state index contributed by atoms with van der Waals surface area (Å²) in [5.74, 6) is -2.60. The number of nitrogens with two attached hydrogens (primary N) is 1. The van der Waals surface area contributed by atoms with E-state index in [2.05, 4.69) is 24.8 Å². The zero-order valence-corrected chi connectivity index (χ0v) is 18.8. The first-order valence-electron chi connectivity index (χ1n) is 10.1. The number of carbonyl (C=O) groups excluding carboxylic acids is 1. The molecule has 1 atom stereocenters. The van der Waals surface area contributed by atoms with Crippen LogP contribution in [0.3, 0.4) is 0 Å². The third-order valence-electron chi connectivity index (χ3n) is 5.32. The number of aromatic nitrogens is 5. The monoisotopic (exact) mass is 512 g/mol. The molecule has 15 heteroatoms. The van der Waals surface area contributed by atoms with E-state index in [1.165, 1.54) is 23.0 Å².